The summed E-state index contributed by atoms with van der Waals surface area (Å²) in [4.78, 5) is 16.9. The van der Waals surface area contributed by atoms with Crippen LogP contribution in [0.25, 0.3) is 10.9 Å². The lowest BCUT2D eigenvalue weighted by Gasteiger charge is -2.08. The van der Waals surface area contributed by atoms with Gasteiger partial charge in [-0.1, -0.05) is 48.0 Å². The molecule has 3 nitrogen and oxygen atoms in total. The van der Waals surface area contributed by atoms with Crippen molar-refractivity contribution in [2.75, 3.05) is 5.32 Å². The number of hydrogen-bond donors (Lipinski definition) is 1. The fourth-order valence-electron chi connectivity index (χ4n) is 3.03. The second-order valence-corrected chi connectivity index (χ2v) is 6.25. The minimum atomic E-state index is -0.0196. The van der Waals surface area contributed by atoms with Gasteiger partial charge in [0.25, 0.3) is 0 Å². The van der Waals surface area contributed by atoms with Gasteiger partial charge in [0.15, 0.2) is 0 Å². The first-order valence-electron chi connectivity index (χ1n) is 7.63. The van der Waals surface area contributed by atoms with Crippen LogP contribution >= 0.6 is 11.6 Å². The highest BCUT2D eigenvalue weighted by Gasteiger charge is 2.44. The molecular formula is C19H15ClN2O. The van der Waals surface area contributed by atoms with E-state index in [4.69, 9.17) is 11.6 Å². The van der Waals surface area contributed by atoms with Gasteiger partial charge in [-0.25, -0.2) is 0 Å². The van der Waals surface area contributed by atoms with E-state index in [1.807, 2.05) is 54.6 Å². The summed E-state index contributed by atoms with van der Waals surface area (Å²) in [6.07, 6.45) is 2.58. The van der Waals surface area contributed by atoms with Gasteiger partial charge < -0.3 is 5.32 Å². The van der Waals surface area contributed by atoms with Crippen molar-refractivity contribution in [1.82, 2.24) is 4.98 Å². The fourth-order valence-corrected chi connectivity index (χ4v) is 3.31. The van der Waals surface area contributed by atoms with Gasteiger partial charge >= 0.3 is 0 Å². The minimum Gasteiger partial charge on any atom is -0.324 e. The number of halogens is 1. The molecular weight excluding hydrogens is 308 g/mol. The van der Waals surface area contributed by atoms with Gasteiger partial charge in [-0.15, -0.1) is 0 Å². The predicted molar refractivity (Wildman–Crippen MR) is 92.7 cm³/mol. The molecule has 1 aromatic heterocycles. The zero-order valence-corrected chi connectivity index (χ0v) is 13.1. The molecule has 1 fully saturated rings. The van der Waals surface area contributed by atoms with E-state index in [1.54, 1.807) is 6.20 Å². The number of carbonyl (C=O) groups is 1. The molecule has 4 rings (SSSR count). The number of nitrogens with one attached hydrogen (secondary N) is 1. The van der Waals surface area contributed by atoms with Crippen LogP contribution in [0, 0.1) is 5.92 Å². The summed E-state index contributed by atoms with van der Waals surface area (Å²) < 4.78 is 0. The summed E-state index contributed by atoms with van der Waals surface area (Å²) in [6, 6.07) is 17.4. The van der Waals surface area contributed by atoms with Gasteiger partial charge in [0.05, 0.1) is 11.2 Å². The summed E-state index contributed by atoms with van der Waals surface area (Å²) >= 11 is 6.23. The number of pyridine rings is 1. The average Bonchev–Trinajstić information content (AvgIpc) is 3.36. The molecule has 4 heteroatoms. The van der Waals surface area contributed by atoms with Crippen molar-refractivity contribution in [3.8, 4) is 0 Å². The average molecular weight is 323 g/mol. The highest BCUT2D eigenvalue weighted by atomic mass is 35.5. The number of fused-ring (bicyclic) bond motifs is 1. The van der Waals surface area contributed by atoms with Crippen molar-refractivity contribution >= 4 is 34.1 Å². The number of rotatable bonds is 3. The van der Waals surface area contributed by atoms with E-state index in [9.17, 15) is 4.79 Å². The first-order chi connectivity index (χ1) is 11.2. The molecule has 1 aliphatic rings. The summed E-state index contributed by atoms with van der Waals surface area (Å²) in [5.74, 6) is 0.230. The number of anilines is 1. The van der Waals surface area contributed by atoms with Crippen molar-refractivity contribution in [2.24, 2.45) is 5.92 Å². The quantitative estimate of drug-likeness (QED) is 0.764. The molecule has 0 spiro atoms. The molecule has 1 aliphatic carbocycles. The molecule has 2 unspecified atom stereocenters. The number of hydrogen-bond acceptors (Lipinski definition) is 2. The molecule has 2 aromatic carbocycles. The molecule has 3 aromatic rings. The first-order valence-corrected chi connectivity index (χ1v) is 8.01. The number of benzene rings is 2. The smallest absolute Gasteiger partial charge is 0.228 e. The molecule has 23 heavy (non-hydrogen) atoms. The number of amides is 1. The van der Waals surface area contributed by atoms with Crippen LogP contribution in [0.3, 0.4) is 0 Å². The van der Waals surface area contributed by atoms with Gasteiger partial charge in [-0.2, -0.15) is 0 Å². The summed E-state index contributed by atoms with van der Waals surface area (Å²) in [6.45, 7) is 0. The Morgan fingerprint density at radius 1 is 1.09 bits per heavy atom. The van der Waals surface area contributed by atoms with E-state index < -0.39 is 0 Å². The van der Waals surface area contributed by atoms with Crippen LogP contribution < -0.4 is 5.32 Å². The van der Waals surface area contributed by atoms with Crippen LogP contribution in [-0.4, -0.2) is 10.9 Å². The molecule has 0 aliphatic heterocycles. The zero-order valence-electron chi connectivity index (χ0n) is 12.4. The Kier molecular flexibility index (Phi) is 3.50. The van der Waals surface area contributed by atoms with Crippen LogP contribution in [0.4, 0.5) is 5.69 Å². The Balaban J connectivity index is 1.54. The monoisotopic (exact) mass is 322 g/mol. The third kappa shape index (κ3) is 2.68. The third-order valence-electron chi connectivity index (χ3n) is 4.32. The Labute approximate surface area is 139 Å². The normalized spacial score (nSPS) is 19.5. The summed E-state index contributed by atoms with van der Waals surface area (Å²) in [5.41, 5.74) is 2.64. The molecule has 0 bridgehead atoms. The van der Waals surface area contributed by atoms with Gasteiger partial charge in [0.1, 0.15) is 0 Å². The first kappa shape index (κ1) is 14.2. The lowest BCUT2D eigenvalue weighted by atomic mass is 10.1. The van der Waals surface area contributed by atoms with Crippen molar-refractivity contribution in [1.29, 1.82) is 0 Å². The molecule has 2 atom stereocenters. The number of carbonyl (C=O) groups excluding carboxylic acids is 1. The van der Waals surface area contributed by atoms with Gasteiger partial charge in [-0.3, -0.25) is 9.78 Å². The third-order valence-corrected chi connectivity index (χ3v) is 4.67. The van der Waals surface area contributed by atoms with E-state index in [0.717, 1.165) is 33.6 Å². The van der Waals surface area contributed by atoms with E-state index in [-0.39, 0.29) is 17.7 Å². The van der Waals surface area contributed by atoms with E-state index >= 15 is 0 Å². The molecule has 1 amide bonds. The van der Waals surface area contributed by atoms with Gasteiger partial charge in [0.2, 0.25) is 5.91 Å². The molecule has 0 saturated heterocycles. The maximum atomic E-state index is 12.5. The Bertz CT molecular complexity index is 888. The molecule has 114 valence electrons. The zero-order chi connectivity index (χ0) is 15.8. The van der Waals surface area contributed by atoms with Crippen molar-refractivity contribution in [2.45, 2.75) is 12.3 Å². The van der Waals surface area contributed by atoms with Crippen molar-refractivity contribution in [3.63, 3.8) is 0 Å². The molecule has 1 saturated carbocycles. The Morgan fingerprint density at radius 2 is 1.91 bits per heavy atom. The second kappa shape index (κ2) is 5.67. The fraction of sp³-hybridized carbons (Fsp3) is 0.158. The lowest BCUT2D eigenvalue weighted by Crippen LogP contribution is -2.15. The SMILES string of the molecule is O=C(Nc1cccc2cccnc12)C1CC1c1ccccc1Cl. The largest absolute Gasteiger partial charge is 0.324 e. The topological polar surface area (TPSA) is 42.0 Å². The minimum absolute atomic E-state index is 0.0196. The molecule has 1 N–H and O–H groups in total. The van der Waals surface area contributed by atoms with Crippen molar-refractivity contribution in [3.05, 3.63) is 71.4 Å². The standard InChI is InChI=1S/C19H15ClN2O/c20-16-8-2-1-7-13(16)14-11-15(14)19(23)22-17-9-3-5-12-6-4-10-21-18(12)17/h1-10,14-15H,11H2,(H,22,23). The second-order valence-electron chi connectivity index (χ2n) is 5.84. The van der Waals surface area contributed by atoms with Gasteiger partial charge in [-0.05, 0) is 36.1 Å². The Hall–Kier alpha value is -2.39. The maximum absolute atomic E-state index is 12.5. The number of nitrogens with zero attached hydrogens (tertiary/aromatic N) is 1. The molecule has 0 radical (unpaired) electrons. The maximum Gasteiger partial charge on any atom is 0.228 e. The van der Waals surface area contributed by atoms with Crippen LogP contribution in [0.5, 0.6) is 0 Å². The van der Waals surface area contributed by atoms with Crippen molar-refractivity contribution < 1.29 is 4.79 Å². The van der Waals surface area contributed by atoms with E-state index in [1.165, 1.54) is 0 Å². The van der Waals surface area contributed by atoms with Crippen LogP contribution in [0.1, 0.15) is 17.9 Å². The highest BCUT2D eigenvalue weighted by Crippen LogP contribution is 2.50. The van der Waals surface area contributed by atoms with Crippen LogP contribution in [-0.2, 0) is 4.79 Å². The lowest BCUT2D eigenvalue weighted by molar-refractivity contribution is -0.117. The number of aromatic nitrogens is 1. The van der Waals surface area contributed by atoms with Crippen LogP contribution in [0.15, 0.2) is 60.8 Å². The van der Waals surface area contributed by atoms with E-state index in [0.29, 0.717) is 0 Å². The van der Waals surface area contributed by atoms with E-state index in [2.05, 4.69) is 10.3 Å². The Morgan fingerprint density at radius 3 is 2.78 bits per heavy atom. The predicted octanol–water partition coefficient (Wildman–Crippen LogP) is 4.63. The van der Waals surface area contributed by atoms with Crippen LogP contribution in [0.2, 0.25) is 5.02 Å². The summed E-state index contributed by atoms with van der Waals surface area (Å²) in [5, 5.41) is 4.77. The number of para-hydroxylation sites is 1. The summed E-state index contributed by atoms with van der Waals surface area (Å²) in [7, 11) is 0. The highest BCUT2D eigenvalue weighted by molar-refractivity contribution is 6.31. The van der Waals surface area contributed by atoms with Gasteiger partial charge in [0, 0.05) is 22.5 Å². The molecule has 1 heterocycles.